The van der Waals surface area contributed by atoms with Gasteiger partial charge in [-0.3, -0.25) is 4.79 Å². The van der Waals surface area contributed by atoms with Gasteiger partial charge in [0, 0.05) is 17.3 Å². The second-order valence-electron chi connectivity index (χ2n) is 5.43. The lowest BCUT2D eigenvalue weighted by Crippen LogP contribution is -2.36. The van der Waals surface area contributed by atoms with E-state index in [4.69, 9.17) is 4.74 Å². The largest absolute Gasteiger partial charge is 0.496 e. The van der Waals surface area contributed by atoms with Crippen LogP contribution in [0.1, 0.15) is 18.1 Å². The molecule has 2 aromatic rings. The first kappa shape index (κ1) is 13.7. The second kappa shape index (κ2) is 5.60. The predicted octanol–water partition coefficient (Wildman–Crippen LogP) is 3.22. The predicted molar refractivity (Wildman–Crippen MR) is 83.8 cm³/mol. The number of fused-ring (bicyclic) bond motifs is 1. The summed E-state index contributed by atoms with van der Waals surface area (Å²) in [7, 11) is 1.64. The first-order chi connectivity index (χ1) is 10.2. The van der Waals surface area contributed by atoms with Gasteiger partial charge in [0.05, 0.1) is 13.5 Å². The van der Waals surface area contributed by atoms with Crippen molar-refractivity contribution in [3.05, 3.63) is 59.7 Å². The molecule has 0 fully saturated rings. The molecule has 1 atom stereocenters. The van der Waals surface area contributed by atoms with Crippen LogP contribution >= 0.6 is 0 Å². The quantitative estimate of drug-likeness (QED) is 0.864. The Morgan fingerprint density at radius 2 is 1.90 bits per heavy atom. The summed E-state index contributed by atoms with van der Waals surface area (Å²) < 4.78 is 5.33. The summed E-state index contributed by atoms with van der Waals surface area (Å²) in [4.78, 5) is 14.6. The molecule has 1 aliphatic heterocycles. The van der Waals surface area contributed by atoms with Crippen molar-refractivity contribution in [3.8, 4) is 5.75 Å². The number of nitrogens with zero attached hydrogens (tertiary/aromatic N) is 1. The lowest BCUT2D eigenvalue weighted by Gasteiger charge is -2.23. The molecule has 0 radical (unpaired) electrons. The van der Waals surface area contributed by atoms with Crippen LogP contribution in [0.2, 0.25) is 0 Å². The Morgan fingerprint density at radius 3 is 2.71 bits per heavy atom. The molecule has 3 rings (SSSR count). The van der Waals surface area contributed by atoms with E-state index in [1.54, 1.807) is 7.11 Å². The first-order valence-electron chi connectivity index (χ1n) is 7.22. The number of hydrogen-bond acceptors (Lipinski definition) is 2. The summed E-state index contributed by atoms with van der Waals surface area (Å²) in [5, 5.41) is 0. The van der Waals surface area contributed by atoms with Crippen molar-refractivity contribution in [2.24, 2.45) is 0 Å². The van der Waals surface area contributed by atoms with Crippen molar-refractivity contribution < 1.29 is 9.53 Å². The highest BCUT2D eigenvalue weighted by Crippen LogP contribution is 2.32. The lowest BCUT2D eigenvalue weighted by atomic mass is 10.1. The number of hydrogen-bond donors (Lipinski definition) is 0. The minimum Gasteiger partial charge on any atom is -0.496 e. The average Bonchev–Trinajstić information content (AvgIpc) is 2.83. The van der Waals surface area contributed by atoms with Crippen molar-refractivity contribution in [2.75, 3.05) is 12.0 Å². The van der Waals surface area contributed by atoms with Crippen molar-refractivity contribution in [1.29, 1.82) is 0 Å². The van der Waals surface area contributed by atoms with Gasteiger partial charge in [0.1, 0.15) is 5.75 Å². The molecule has 0 saturated carbocycles. The number of anilines is 1. The van der Waals surface area contributed by atoms with Crippen LogP contribution in [0.4, 0.5) is 5.69 Å². The lowest BCUT2D eigenvalue weighted by molar-refractivity contribution is -0.118. The van der Waals surface area contributed by atoms with Gasteiger partial charge in [0.15, 0.2) is 0 Å². The number of methoxy groups -OCH3 is 1. The van der Waals surface area contributed by atoms with E-state index in [1.165, 1.54) is 5.56 Å². The van der Waals surface area contributed by atoms with E-state index in [0.29, 0.717) is 6.42 Å². The zero-order valence-electron chi connectivity index (χ0n) is 12.4. The van der Waals surface area contributed by atoms with Gasteiger partial charge in [-0.05, 0) is 31.0 Å². The van der Waals surface area contributed by atoms with Crippen LogP contribution in [0.25, 0.3) is 0 Å². The molecule has 0 spiro atoms. The smallest absolute Gasteiger partial charge is 0.231 e. The van der Waals surface area contributed by atoms with Gasteiger partial charge in [0.2, 0.25) is 5.91 Å². The van der Waals surface area contributed by atoms with Crippen molar-refractivity contribution in [1.82, 2.24) is 0 Å². The van der Waals surface area contributed by atoms with E-state index in [-0.39, 0.29) is 11.9 Å². The second-order valence-corrected chi connectivity index (χ2v) is 5.43. The van der Waals surface area contributed by atoms with Crippen LogP contribution in [0.5, 0.6) is 5.75 Å². The molecular formula is C18H19NO2. The summed E-state index contributed by atoms with van der Waals surface area (Å²) in [6, 6.07) is 16.0. The van der Waals surface area contributed by atoms with E-state index in [9.17, 15) is 4.79 Å². The summed E-state index contributed by atoms with van der Waals surface area (Å²) in [6.07, 6.45) is 1.29. The average molecular weight is 281 g/mol. The van der Waals surface area contributed by atoms with Crippen LogP contribution in [0.3, 0.4) is 0 Å². The molecule has 3 nitrogen and oxygen atoms in total. The zero-order chi connectivity index (χ0) is 14.8. The van der Waals surface area contributed by atoms with Gasteiger partial charge in [-0.1, -0.05) is 36.4 Å². The molecule has 21 heavy (non-hydrogen) atoms. The molecule has 0 bridgehead atoms. The number of carbonyl (C=O) groups excluding carboxylic acids is 1. The molecule has 2 aromatic carbocycles. The van der Waals surface area contributed by atoms with Crippen LogP contribution in [-0.4, -0.2) is 19.1 Å². The fourth-order valence-electron chi connectivity index (χ4n) is 3.04. The van der Waals surface area contributed by atoms with Gasteiger partial charge in [-0.25, -0.2) is 0 Å². The Balaban J connectivity index is 1.86. The summed E-state index contributed by atoms with van der Waals surface area (Å²) in [6.45, 7) is 2.10. The molecule has 0 N–H and O–H groups in total. The maximum absolute atomic E-state index is 12.7. The number of ether oxygens (including phenoxy) is 1. The van der Waals surface area contributed by atoms with E-state index >= 15 is 0 Å². The number of rotatable bonds is 3. The molecule has 0 aromatic heterocycles. The number of para-hydroxylation sites is 2. The Bertz CT molecular complexity index is 666. The minimum atomic E-state index is 0.122. The third-order valence-corrected chi connectivity index (χ3v) is 4.01. The van der Waals surface area contributed by atoms with Gasteiger partial charge in [-0.15, -0.1) is 0 Å². The van der Waals surface area contributed by atoms with E-state index in [0.717, 1.165) is 23.4 Å². The van der Waals surface area contributed by atoms with Crippen molar-refractivity contribution >= 4 is 11.6 Å². The highest BCUT2D eigenvalue weighted by molar-refractivity contribution is 5.97. The fourth-order valence-corrected chi connectivity index (χ4v) is 3.04. The number of carbonyl (C=O) groups is 1. The van der Waals surface area contributed by atoms with Crippen molar-refractivity contribution in [2.45, 2.75) is 25.8 Å². The summed E-state index contributed by atoms with van der Waals surface area (Å²) in [5.74, 6) is 0.892. The molecule has 0 aliphatic carbocycles. The number of benzene rings is 2. The fraction of sp³-hybridized carbons (Fsp3) is 0.278. The standard InChI is InChI=1S/C18H19NO2/c1-13-11-14-7-3-5-9-16(14)19(13)18(20)12-15-8-4-6-10-17(15)21-2/h3-10,13H,11-12H2,1-2H3. The topological polar surface area (TPSA) is 29.5 Å². The Kier molecular flexibility index (Phi) is 3.65. The highest BCUT2D eigenvalue weighted by atomic mass is 16.5. The highest BCUT2D eigenvalue weighted by Gasteiger charge is 2.30. The van der Waals surface area contributed by atoms with Crippen LogP contribution in [0, 0.1) is 0 Å². The molecular weight excluding hydrogens is 262 g/mol. The monoisotopic (exact) mass is 281 g/mol. The molecule has 1 amide bonds. The SMILES string of the molecule is COc1ccccc1CC(=O)N1c2ccccc2CC1C. The zero-order valence-corrected chi connectivity index (χ0v) is 12.4. The maximum Gasteiger partial charge on any atom is 0.231 e. The normalized spacial score (nSPS) is 16.7. The van der Waals surface area contributed by atoms with Gasteiger partial charge < -0.3 is 9.64 Å². The minimum absolute atomic E-state index is 0.122. The Labute approximate surface area is 125 Å². The molecule has 108 valence electrons. The first-order valence-corrected chi connectivity index (χ1v) is 7.22. The van der Waals surface area contributed by atoms with E-state index in [2.05, 4.69) is 13.0 Å². The molecule has 0 saturated heterocycles. The molecule has 1 heterocycles. The summed E-state index contributed by atoms with van der Waals surface area (Å²) in [5.41, 5.74) is 3.23. The molecule has 1 unspecified atom stereocenters. The van der Waals surface area contributed by atoms with E-state index in [1.807, 2.05) is 47.4 Å². The van der Waals surface area contributed by atoms with Crippen molar-refractivity contribution in [3.63, 3.8) is 0 Å². The summed E-state index contributed by atoms with van der Waals surface area (Å²) >= 11 is 0. The van der Waals surface area contributed by atoms with Gasteiger partial charge in [0.25, 0.3) is 0 Å². The Hall–Kier alpha value is -2.29. The maximum atomic E-state index is 12.7. The van der Waals surface area contributed by atoms with Crippen LogP contribution in [-0.2, 0) is 17.6 Å². The van der Waals surface area contributed by atoms with Crippen LogP contribution < -0.4 is 9.64 Å². The Morgan fingerprint density at radius 1 is 1.19 bits per heavy atom. The number of amides is 1. The van der Waals surface area contributed by atoms with E-state index < -0.39 is 0 Å². The molecule has 3 heteroatoms. The molecule has 1 aliphatic rings. The van der Waals surface area contributed by atoms with Gasteiger partial charge in [-0.2, -0.15) is 0 Å². The third-order valence-electron chi connectivity index (χ3n) is 4.01. The van der Waals surface area contributed by atoms with Gasteiger partial charge >= 0.3 is 0 Å². The van der Waals surface area contributed by atoms with Crippen LogP contribution in [0.15, 0.2) is 48.5 Å². The third kappa shape index (κ3) is 2.51.